The highest BCUT2D eigenvalue weighted by Gasteiger charge is 2.66. The Hall–Kier alpha value is 0.0400. The summed E-state index contributed by atoms with van der Waals surface area (Å²) in [6.07, 6.45) is -1.85. The van der Waals surface area contributed by atoms with Crippen LogP contribution in [-0.2, 0) is 0 Å². The lowest BCUT2D eigenvalue weighted by Gasteiger charge is -2.32. The first-order valence-electron chi connectivity index (χ1n) is 4.84. The Balaban J connectivity index is 0.000000980. The van der Waals surface area contributed by atoms with Crippen molar-refractivity contribution in [3.05, 3.63) is 0 Å². The van der Waals surface area contributed by atoms with Crippen LogP contribution in [0.1, 0.15) is 25.7 Å². The van der Waals surface area contributed by atoms with Crippen LogP contribution in [0.2, 0.25) is 0 Å². The third-order valence-corrected chi connectivity index (χ3v) is 3.47. The quantitative estimate of drug-likeness (QED) is 0.729. The molecule has 1 N–H and O–H groups in total. The summed E-state index contributed by atoms with van der Waals surface area (Å²) >= 11 is 0. The average Bonchev–Trinajstić information content (AvgIpc) is 2.84. The van der Waals surface area contributed by atoms with Crippen molar-refractivity contribution in [3.8, 4) is 0 Å². The molecule has 1 saturated heterocycles. The standard InChI is InChI=1S/C9H14F3N.ClH/c10-9(11,12)8(3-4-8)7-1-5-13-6-2-7;/h7,13H,1-6H2;1H. The van der Waals surface area contributed by atoms with E-state index in [4.69, 9.17) is 0 Å². The van der Waals surface area contributed by atoms with Crippen molar-refractivity contribution in [2.75, 3.05) is 13.1 Å². The maximum atomic E-state index is 12.7. The van der Waals surface area contributed by atoms with E-state index in [1.54, 1.807) is 0 Å². The van der Waals surface area contributed by atoms with Crippen molar-refractivity contribution in [1.82, 2.24) is 5.32 Å². The molecule has 2 fully saturated rings. The molecule has 0 unspecified atom stereocenters. The first-order chi connectivity index (χ1) is 6.06. The van der Waals surface area contributed by atoms with Crippen LogP contribution in [0.25, 0.3) is 0 Å². The molecule has 0 aromatic heterocycles. The minimum absolute atomic E-state index is 0. The fourth-order valence-corrected chi connectivity index (χ4v) is 2.43. The molecule has 1 heterocycles. The Morgan fingerprint density at radius 1 is 1.07 bits per heavy atom. The van der Waals surface area contributed by atoms with E-state index in [9.17, 15) is 13.2 Å². The van der Waals surface area contributed by atoms with Gasteiger partial charge in [-0.15, -0.1) is 12.4 Å². The number of nitrogens with one attached hydrogen (secondary N) is 1. The second-order valence-corrected chi connectivity index (χ2v) is 4.18. The monoisotopic (exact) mass is 229 g/mol. The summed E-state index contributed by atoms with van der Waals surface area (Å²) in [6.45, 7) is 1.50. The van der Waals surface area contributed by atoms with Gasteiger partial charge in [0, 0.05) is 0 Å². The zero-order valence-electron chi connectivity index (χ0n) is 7.86. The number of rotatable bonds is 1. The summed E-state index contributed by atoms with van der Waals surface area (Å²) in [7, 11) is 0. The van der Waals surface area contributed by atoms with E-state index in [1.807, 2.05) is 0 Å². The van der Waals surface area contributed by atoms with Gasteiger partial charge in [0.25, 0.3) is 0 Å². The summed E-state index contributed by atoms with van der Waals surface area (Å²) in [5.41, 5.74) is -1.28. The molecular weight excluding hydrogens is 215 g/mol. The van der Waals surface area contributed by atoms with Crippen LogP contribution in [0, 0.1) is 11.3 Å². The molecule has 1 nitrogen and oxygen atoms in total. The van der Waals surface area contributed by atoms with Crippen LogP contribution in [-0.4, -0.2) is 19.3 Å². The second-order valence-electron chi connectivity index (χ2n) is 4.18. The highest BCUT2D eigenvalue weighted by atomic mass is 35.5. The van der Waals surface area contributed by atoms with Crippen molar-refractivity contribution < 1.29 is 13.2 Å². The molecular formula is C9H15ClF3N. The van der Waals surface area contributed by atoms with Gasteiger partial charge in [-0.1, -0.05) is 0 Å². The fourth-order valence-electron chi connectivity index (χ4n) is 2.43. The van der Waals surface area contributed by atoms with Gasteiger partial charge in [0.05, 0.1) is 5.41 Å². The van der Waals surface area contributed by atoms with E-state index in [2.05, 4.69) is 5.32 Å². The van der Waals surface area contributed by atoms with Crippen LogP contribution < -0.4 is 5.32 Å². The third-order valence-electron chi connectivity index (χ3n) is 3.47. The zero-order chi connectivity index (χ0) is 9.53. The van der Waals surface area contributed by atoms with Gasteiger partial charge in [0.2, 0.25) is 0 Å². The summed E-state index contributed by atoms with van der Waals surface area (Å²) in [5, 5.41) is 3.10. The predicted octanol–water partition coefficient (Wildman–Crippen LogP) is 2.75. The van der Waals surface area contributed by atoms with Crippen LogP contribution in [0.15, 0.2) is 0 Å². The Bertz CT molecular complexity index is 195. The topological polar surface area (TPSA) is 12.0 Å². The molecule has 14 heavy (non-hydrogen) atoms. The van der Waals surface area contributed by atoms with Crippen LogP contribution >= 0.6 is 12.4 Å². The normalized spacial score (nSPS) is 26.8. The summed E-state index contributed by atoms with van der Waals surface area (Å²) < 4.78 is 38.0. The minimum atomic E-state index is -3.96. The van der Waals surface area contributed by atoms with Crippen molar-refractivity contribution in [2.45, 2.75) is 31.9 Å². The molecule has 0 atom stereocenters. The summed E-state index contributed by atoms with van der Waals surface area (Å²) in [6, 6.07) is 0. The molecule has 2 rings (SSSR count). The van der Waals surface area contributed by atoms with E-state index in [-0.39, 0.29) is 18.3 Å². The zero-order valence-corrected chi connectivity index (χ0v) is 8.68. The van der Waals surface area contributed by atoms with Gasteiger partial charge < -0.3 is 5.32 Å². The minimum Gasteiger partial charge on any atom is -0.317 e. The number of alkyl halides is 3. The van der Waals surface area contributed by atoms with Gasteiger partial charge in [0.15, 0.2) is 0 Å². The van der Waals surface area contributed by atoms with E-state index < -0.39 is 11.6 Å². The molecule has 5 heteroatoms. The molecule has 2 aliphatic rings. The molecule has 1 saturated carbocycles. The largest absolute Gasteiger partial charge is 0.394 e. The third kappa shape index (κ3) is 1.87. The van der Waals surface area contributed by atoms with Gasteiger partial charge in [0.1, 0.15) is 0 Å². The number of halogens is 4. The molecule has 0 aromatic rings. The molecule has 0 radical (unpaired) electrons. The molecule has 0 bridgehead atoms. The predicted molar refractivity (Wildman–Crippen MR) is 50.6 cm³/mol. The van der Waals surface area contributed by atoms with Crippen molar-refractivity contribution >= 4 is 12.4 Å². The Labute approximate surface area is 87.8 Å². The fraction of sp³-hybridized carbons (Fsp3) is 1.00. The van der Waals surface area contributed by atoms with Crippen LogP contribution in [0.3, 0.4) is 0 Å². The van der Waals surface area contributed by atoms with E-state index in [0.717, 1.165) is 13.1 Å². The molecule has 84 valence electrons. The molecule has 0 spiro atoms. The molecule has 0 aromatic carbocycles. The molecule has 1 aliphatic heterocycles. The Morgan fingerprint density at radius 2 is 1.57 bits per heavy atom. The van der Waals surface area contributed by atoms with E-state index in [1.165, 1.54) is 0 Å². The Morgan fingerprint density at radius 3 is 1.93 bits per heavy atom. The van der Waals surface area contributed by atoms with Gasteiger partial charge in [-0.05, 0) is 44.7 Å². The van der Waals surface area contributed by atoms with Gasteiger partial charge in [-0.3, -0.25) is 0 Å². The van der Waals surface area contributed by atoms with Crippen LogP contribution in [0.4, 0.5) is 13.2 Å². The maximum absolute atomic E-state index is 12.7. The van der Waals surface area contributed by atoms with E-state index in [0.29, 0.717) is 25.7 Å². The number of piperidine rings is 1. The lowest BCUT2D eigenvalue weighted by atomic mass is 9.81. The second kappa shape index (κ2) is 3.89. The number of hydrogen-bond acceptors (Lipinski definition) is 1. The highest BCUT2D eigenvalue weighted by Crippen LogP contribution is 2.64. The summed E-state index contributed by atoms with van der Waals surface area (Å²) in [5.74, 6) is -0.117. The van der Waals surface area contributed by atoms with Gasteiger partial charge in [-0.2, -0.15) is 13.2 Å². The van der Waals surface area contributed by atoms with Gasteiger partial charge >= 0.3 is 6.18 Å². The Kier molecular flexibility index (Phi) is 3.37. The SMILES string of the molecule is Cl.FC(F)(F)C1(C2CCNCC2)CC1. The summed E-state index contributed by atoms with van der Waals surface area (Å²) in [4.78, 5) is 0. The number of hydrogen-bond donors (Lipinski definition) is 1. The maximum Gasteiger partial charge on any atom is 0.394 e. The van der Waals surface area contributed by atoms with Crippen molar-refractivity contribution in [1.29, 1.82) is 0 Å². The first kappa shape index (κ1) is 12.1. The van der Waals surface area contributed by atoms with Gasteiger partial charge in [-0.25, -0.2) is 0 Å². The average molecular weight is 230 g/mol. The lowest BCUT2D eigenvalue weighted by molar-refractivity contribution is -0.205. The molecule has 0 amide bonds. The van der Waals surface area contributed by atoms with Crippen LogP contribution in [0.5, 0.6) is 0 Å². The molecule has 1 aliphatic carbocycles. The lowest BCUT2D eigenvalue weighted by Crippen LogP contribution is -2.39. The van der Waals surface area contributed by atoms with Crippen molar-refractivity contribution in [2.24, 2.45) is 11.3 Å². The first-order valence-corrected chi connectivity index (χ1v) is 4.84. The van der Waals surface area contributed by atoms with E-state index >= 15 is 0 Å². The highest BCUT2D eigenvalue weighted by molar-refractivity contribution is 5.85. The van der Waals surface area contributed by atoms with Crippen molar-refractivity contribution in [3.63, 3.8) is 0 Å². The smallest absolute Gasteiger partial charge is 0.317 e.